The van der Waals surface area contributed by atoms with E-state index in [1.165, 1.54) is 25.1 Å². The molecule has 2 atom stereocenters. The Morgan fingerprint density at radius 2 is 2.26 bits per heavy atom. The van der Waals surface area contributed by atoms with Crippen LogP contribution < -0.4 is 15.8 Å². The Hall–Kier alpha value is -1.43. The fraction of sp³-hybridized carbons (Fsp3) is 0.615. The van der Waals surface area contributed by atoms with E-state index < -0.39 is 6.61 Å². The lowest BCUT2D eigenvalue weighted by atomic mass is 9.86. The molecule has 1 fully saturated rings. The summed E-state index contributed by atoms with van der Waals surface area (Å²) in [6.07, 6.45) is 5.77. The number of hydrogen-bond acceptors (Lipinski definition) is 4. The maximum Gasteiger partial charge on any atom is 0.387 e. The highest BCUT2D eigenvalue weighted by atomic mass is 19.3. The quantitative estimate of drug-likeness (QED) is 0.864. The maximum atomic E-state index is 12.0. The standard InChI is InChI=1S/C13H19F2N3O/c14-13(15)19-11-4-5-12(18-8-11)17-7-9-2-1-3-10(16)6-9/h4-5,8-10,13H,1-3,6-7,16H2,(H,17,18). The maximum absolute atomic E-state index is 12.0. The fourth-order valence-electron chi connectivity index (χ4n) is 2.42. The van der Waals surface area contributed by atoms with E-state index in [4.69, 9.17) is 5.73 Å². The van der Waals surface area contributed by atoms with Crippen LogP contribution in [-0.2, 0) is 0 Å². The Kier molecular flexibility index (Phi) is 4.90. The SMILES string of the molecule is NC1CCCC(CNc2ccc(OC(F)F)cn2)C1. The number of halogens is 2. The molecule has 0 radical (unpaired) electrons. The van der Waals surface area contributed by atoms with Crippen molar-refractivity contribution in [1.29, 1.82) is 0 Å². The van der Waals surface area contributed by atoms with Crippen molar-refractivity contribution in [1.82, 2.24) is 4.98 Å². The molecule has 0 aromatic carbocycles. The van der Waals surface area contributed by atoms with Crippen molar-refractivity contribution in [3.8, 4) is 5.75 Å². The number of ether oxygens (including phenoxy) is 1. The lowest BCUT2D eigenvalue weighted by Crippen LogP contribution is -2.31. The second-order valence-electron chi connectivity index (χ2n) is 4.93. The summed E-state index contributed by atoms with van der Waals surface area (Å²) in [6, 6.07) is 3.42. The molecule has 1 aliphatic rings. The van der Waals surface area contributed by atoms with Gasteiger partial charge in [0.1, 0.15) is 11.6 Å². The van der Waals surface area contributed by atoms with Crippen molar-refractivity contribution in [2.75, 3.05) is 11.9 Å². The molecular weight excluding hydrogens is 252 g/mol. The predicted octanol–water partition coefficient (Wildman–Crippen LogP) is 2.61. The number of pyridine rings is 1. The molecule has 1 heterocycles. The molecule has 0 aliphatic heterocycles. The monoisotopic (exact) mass is 271 g/mol. The van der Waals surface area contributed by atoms with Gasteiger partial charge in [0, 0.05) is 12.6 Å². The zero-order valence-corrected chi connectivity index (χ0v) is 10.7. The van der Waals surface area contributed by atoms with E-state index >= 15 is 0 Å². The molecule has 0 saturated heterocycles. The number of nitrogens with two attached hydrogens (primary N) is 1. The summed E-state index contributed by atoms with van der Waals surface area (Å²) in [5.41, 5.74) is 5.93. The van der Waals surface area contributed by atoms with Crippen molar-refractivity contribution in [2.24, 2.45) is 11.7 Å². The van der Waals surface area contributed by atoms with Crippen LogP contribution in [0.4, 0.5) is 14.6 Å². The van der Waals surface area contributed by atoms with Gasteiger partial charge < -0.3 is 15.8 Å². The topological polar surface area (TPSA) is 60.2 Å². The van der Waals surface area contributed by atoms with E-state index in [9.17, 15) is 8.78 Å². The van der Waals surface area contributed by atoms with Gasteiger partial charge in [-0.1, -0.05) is 6.42 Å². The molecule has 19 heavy (non-hydrogen) atoms. The third-order valence-electron chi connectivity index (χ3n) is 3.36. The van der Waals surface area contributed by atoms with Crippen LogP contribution in [0.1, 0.15) is 25.7 Å². The van der Waals surface area contributed by atoms with Crippen LogP contribution in [0.3, 0.4) is 0 Å². The van der Waals surface area contributed by atoms with Crippen molar-refractivity contribution >= 4 is 5.82 Å². The predicted molar refractivity (Wildman–Crippen MR) is 69.3 cm³/mol. The molecule has 1 saturated carbocycles. The lowest BCUT2D eigenvalue weighted by Gasteiger charge is -2.26. The average molecular weight is 271 g/mol. The van der Waals surface area contributed by atoms with Crippen LogP contribution in [0.2, 0.25) is 0 Å². The number of anilines is 1. The Bertz CT molecular complexity index is 386. The van der Waals surface area contributed by atoms with Crippen molar-refractivity contribution in [3.63, 3.8) is 0 Å². The van der Waals surface area contributed by atoms with E-state index in [0.717, 1.165) is 19.4 Å². The van der Waals surface area contributed by atoms with Crippen LogP contribution in [0.5, 0.6) is 5.75 Å². The third kappa shape index (κ3) is 4.63. The van der Waals surface area contributed by atoms with E-state index in [2.05, 4.69) is 15.0 Å². The van der Waals surface area contributed by atoms with Crippen LogP contribution in [0.25, 0.3) is 0 Å². The van der Waals surface area contributed by atoms with E-state index in [1.807, 2.05) is 0 Å². The molecule has 2 unspecified atom stereocenters. The fourth-order valence-corrected chi connectivity index (χ4v) is 2.42. The van der Waals surface area contributed by atoms with Crippen LogP contribution in [0.15, 0.2) is 18.3 Å². The smallest absolute Gasteiger partial charge is 0.387 e. The molecule has 2 rings (SSSR count). The zero-order valence-electron chi connectivity index (χ0n) is 10.7. The van der Waals surface area contributed by atoms with Crippen molar-refractivity contribution in [3.05, 3.63) is 18.3 Å². The molecule has 0 amide bonds. The number of rotatable bonds is 5. The van der Waals surface area contributed by atoms with Gasteiger partial charge in [0.25, 0.3) is 0 Å². The first kappa shape index (κ1) is 14.0. The summed E-state index contributed by atoms with van der Waals surface area (Å²) in [4.78, 5) is 4.03. The van der Waals surface area contributed by atoms with Gasteiger partial charge in [-0.25, -0.2) is 4.98 Å². The highest BCUT2D eigenvalue weighted by Crippen LogP contribution is 2.23. The first-order valence-electron chi connectivity index (χ1n) is 6.54. The van der Waals surface area contributed by atoms with Gasteiger partial charge >= 0.3 is 6.61 Å². The summed E-state index contributed by atoms with van der Waals surface area (Å²) in [7, 11) is 0. The second kappa shape index (κ2) is 6.65. The Labute approximate surface area is 111 Å². The highest BCUT2D eigenvalue weighted by molar-refractivity contribution is 5.37. The molecule has 3 N–H and O–H groups in total. The van der Waals surface area contributed by atoms with Gasteiger partial charge in [-0.2, -0.15) is 8.78 Å². The lowest BCUT2D eigenvalue weighted by molar-refractivity contribution is -0.0500. The van der Waals surface area contributed by atoms with Gasteiger partial charge in [0.2, 0.25) is 0 Å². The average Bonchev–Trinajstić information content (AvgIpc) is 2.37. The molecule has 0 bridgehead atoms. The molecule has 1 aliphatic carbocycles. The normalized spacial score (nSPS) is 23.4. The van der Waals surface area contributed by atoms with Gasteiger partial charge in [-0.05, 0) is 37.3 Å². The van der Waals surface area contributed by atoms with Crippen molar-refractivity contribution in [2.45, 2.75) is 38.3 Å². The summed E-state index contributed by atoms with van der Waals surface area (Å²) in [6.45, 7) is -2.00. The summed E-state index contributed by atoms with van der Waals surface area (Å²) in [5, 5.41) is 3.21. The van der Waals surface area contributed by atoms with Gasteiger partial charge in [-0.3, -0.25) is 0 Å². The summed E-state index contributed by atoms with van der Waals surface area (Å²) < 4.78 is 28.2. The van der Waals surface area contributed by atoms with E-state index in [1.54, 1.807) is 6.07 Å². The second-order valence-corrected chi connectivity index (χ2v) is 4.93. The number of hydrogen-bond donors (Lipinski definition) is 2. The first-order chi connectivity index (χ1) is 9.13. The zero-order chi connectivity index (χ0) is 13.7. The van der Waals surface area contributed by atoms with E-state index in [-0.39, 0.29) is 5.75 Å². The third-order valence-corrected chi connectivity index (χ3v) is 3.36. The Balaban J connectivity index is 1.79. The van der Waals surface area contributed by atoms with E-state index in [0.29, 0.717) is 17.8 Å². The molecule has 6 heteroatoms. The molecular formula is C13H19F2N3O. The molecule has 0 spiro atoms. The van der Waals surface area contributed by atoms with Crippen LogP contribution in [-0.4, -0.2) is 24.2 Å². The van der Waals surface area contributed by atoms with Gasteiger partial charge in [0.15, 0.2) is 0 Å². The highest BCUT2D eigenvalue weighted by Gasteiger charge is 2.18. The Morgan fingerprint density at radius 3 is 2.89 bits per heavy atom. The number of nitrogens with zero attached hydrogens (tertiary/aromatic N) is 1. The molecule has 1 aromatic rings. The largest absolute Gasteiger partial charge is 0.433 e. The van der Waals surface area contributed by atoms with Crippen molar-refractivity contribution < 1.29 is 13.5 Å². The minimum absolute atomic E-state index is 0.0697. The molecule has 4 nitrogen and oxygen atoms in total. The van der Waals surface area contributed by atoms with Gasteiger partial charge in [-0.15, -0.1) is 0 Å². The van der Waals surface area contributed by atoms with Crippen LogP contribution >= 0.6 is 0 Å². The number of alkyl halides is 2. The summed E-state index contributed by atoms with van der Waals surface area (Å²) in [5.74, 6) is 1.29. The first-order valence-corrected chi connectivity index (χ1v) is 6.54. The Morgan fingerprint density at radius 1 is 1.42 bits per heavy atom. The van der Waals surface area contributed by atoms with Crippen LogP contribution in [0, 0.1) is 5.92 Å². The minimum atomic E-state index is -2.82. The minimum Gasteiger partial charge on any atom is -0.433 e. The summed E-state index contributed by atoms with van der Waals surface area (Å²) >= 11 is 0. The molecule has 1 aromatic heterocycles. The molecule has 106 valence electrons. The number of aromatic nitrogens is 1. The number of nitrogens with one attached hydrogen (secondary N) is 1. The van der Waals surface area contributed by atoms with Gasteiger partial charge in [0.05, 0.1) is 6.20 Å².